The highest BCUT2D eigenvalue weighted by Gasteiger charge is 2.24. The third-order valence-electron chi connectivity index (χ3n) is 3.45. The molecule has 1 aliphatic rings. The minimum absolute atomic E-state index is 0.105. The van der Waals surface area contributed by atoms with Crippen molar-refractivity contribution in [2.24, 2.45) is 0 Å². The first kappa shape index (κ1) is 15.3. The summed E-state index contributed by atoms with van der Waals surface area (Å²) >= 11 is 0. The van der Waals surface area contributed by atoms with Gasteiger partial charge in [0.15, 0.2) is 0 Å². The topological polar surface area (TPSA) is 83.1 Å². The number of aryl methyl sites for hydroxylation is 1. The number of nitrogens with zero attached hydrogens (tertiary/aromatic N) is 1. The number of hydrogen-bond donors (Lipinski definition) is 3. The second kappa shape index (κ2) is 7.06. The Hall–Kier alpha value is -2.11. The highest BCUT2D eigenvalue weighted by Crippen LogP contribution is 2.12. The van der Waals surface area contributed by atoms with Gasteiger partial charge in [-0.1, -0.05) is 6.92 Å². The molecule has 1 saturated heterocycles. The van der Waals surface area contributed by atoms with E-state index in [2.05, 4.69) is 20.9 Å². The van der Waals surface area contributed by atoms with E-state index < -0.39 is 6.04 Å². The van der Waals surface area contributed by atoms with Crippen LogP contribution in [0.5, 0.6) is 0 Å². The number of carbonyl (C=O) groups is 2. The Kier molecular flexibility index (Phi) is 5.14. The second-order valence-electron chi connectivity index (χ2n) is 5.08. The van der Waals surface area contributed by atoms with Gasteiger partial charge in [0.25, 0.3) is 5.91 Å². The molecule has 1 aliphatic heterocycles. The van der Waals surface area contributed by atoms with Crippen molar-refractivity contribution in [3.8, 4) is 0 Å². The largest absolute Gasteiger partial charge is 0.370 e. The van der Waals surface area contributed by atoms with Crippen molar-refractivity contribution in [1.82, 2.24) is 15.6 Å². The van der Waals surface area contributed by atoms with Gasteiger partial charge in [0.1, 0.15) is 11.9 Å². The van der Waals surface area contributed by atoms with Crippen LogP contribution in [0.15, 0.2) is 12.1 Å². The van der Waals surface area contributed by atoms with Gasteiger partial charge in [-0.15, -0.1) is 0 Å². The quantitative estimate of drug-likeness (QED) is 0.758. The van der Waals surface area contributed by atoms with Gasteiger partial charge in [-0.25, -0.2) is 4.98 Å². The van der Waals surface area contributed by atoms with E-state index in [1.807, 2.05) is 13.8 Å². The number of rotatable bonds is 5. The van der Waals surface area contributed by atoms with Crippen molar-refractivity contribution in [3.05, 3.63) is 23.4 Å². The third-order valence-corrected chi connectivity index (χ3v) is 3.45. The lowest BCUT2D eigenvalue weighted by Gasteiger charge is -2.22. The van der Waals surface area contributed by atoms with E-state index in [-0.39, 0.29) is 11.8 Å². The van der Waals surface area contributed by atoms with Crippen molar-refractivity contribution in [2.75, 3.05) is 18.4 Å². The molecule has 0 aliphatic carbocycles. The number of hydrogen-bond acceptors (Lipinski definition) is 4. The highest BCUT2D eigenvalue weighted by molar-refractivity contribution is 5.98. The van der Waals surface area contributed by atoms with Gasteiger partial charge in [0, 0.05) is 24.3 Å². The van der Waals surface area contributed by atoms with Gasteiger partial charge < -0.3 is 16.0 Å². The first-order chi connectivity index (χ1) is 10.1. The van der Waals surface area contributed by atoms with Crippen molar-refractivity contribution in [3.63, 3.8) is 0 Å². The molecular formula is C15H22N4O2. The molecule has 2 rings (SSSR count). The maximum atomic E-state index is 12.3. The molecule has 1 unspecified atom stereocenters. The van der Waals surface area contributed by atoms with Crippen LogP contribution in [0.1, 0.15) is 42.7 Å². The van der Waals surface area contributed by atoms with Crippen LogP contribution in [0.3, 0.4) is 0 Å². The molecule has 1 aromatic heterocycles. The Morgan fingerprint density at radius 3 is 2.90 bits per heavy atom. The fourth-order valence-electron chi connectivity index (χ4n) is 2.32. The summed E-state index contributed by atoms with van der Waals surface area (Å²) in [6.07, 6.45) is 2.32. The number of aromatic nitrogens is 1. The van der Waals surface area contributed by atoms with E-state index in [0.29, 0.717) is 24.3 Å². The van der Waals surface area contributed by atoms with Gasteiger partial charge in [0.2, 0.25) is 5.91 Å². The van der Waals surface area contributed by atoms with Crippen LogP contribution in [-0.4, -0.2) is 35.9 Å². The van der Waals surface area contributed by atoms with E-state index >= 15 is 0 Å². The van der Waals surface area contributed by atoms with E-state index in [9.17, 15) is 9.59 Å². The van der Waals surface area contributed by atoms with E-state index in [0.717, 1.165) is 25.1 Å². The van der Waals surface area contributed by atoms with Gasteiger partial charge in [0.05, 0.1) is 0 Å². The maximum Gasteiger partial charge on any atom is 0.252 e. The van der Waals surface area contributed by atoms with Crippen LogP contribution in [0.2, 0.25) is 0 Å². The molecule has 21 heavy (non-hydrogen) atoms. The molecule has 1 fully saturated rings. The smallest absolute Gasteiger partial charge is 0.252 e. The predicted molar refractivity (Wildman–Crippen MR) is 81.3 cm³/mol. The molecule has 6 heteroatoms. The highest BCUT2D eigenvalue weighted by atomic mass is 16.2. The lowest BCUT2D eigenvalue weighted by atomic mass is 10.1. The van der Waals surface area contributed by atoms with Crippen LogP contribution >= 0.6 is 0 Å². The number of piperidine rings is 1. The van der Waals surface area contributed by atoms with Crippen LogP contribution < -0.4 is 16.0 Å². The molecule has 3 N–H and O–H groups in total. The fraction of sp³-hybridized carbons (Fsp3) is 0.533. The fourth-order valence-corrected chi connectivity index (χ4v) is 2.32. The zero-order valence-corrected chi connectivity index (χ0v) is 12.5. The first-order valence-electron chi connectivity index (χ1n) is 7.47. The normalized spacial score (nSPS) is 18.0. The van der Waals surface area contributed by atoms with Gasteiger partial charge in [-0.2, -0.15) is 0 Å². The minimum atomic E-state index is -0.438. The summed E-state index contributed by atoms with van der Waals surface area (Å²) in [6.45, 7) is 5.40. The zero-order valence-electron chi connectivity index (χ0n) is 12.5. The van der Waals surface area contributed by atoms with Crippen molar-refractivity contribution < 1.29 is 9.59 Å². The molecule has 0 bridgehead atoms. The lowest BCUT2D eigenvalue weighted by Crippen LogP contribution is -2.50. The molecule has 0 saturated carbocycles. The molecular weight excluding hydrogens is 268 g/mol. The summed E-state index contributed by atoms with van der Waals surface area (Å²) in [4.78, 5) is 28.5. The zero-order chi connectivity index (χ0) is 15.2. The van der Waals surface area contributed by atoms with Crippen LogP contribution in [0, 0.1) is 0 Å². The van der Waals surface area contributed by atoms with Crippen molar-refractivity contribution in [2.45, 2.75) is 39.2 Å². The van der Waals surface area contributed by atoms with E-state index in [1.165, 1.54) is 0 Å². The first-order valence-corrected chi connectivity index (χ1v) is 7.47. The predicted octanol–water partition coefficient (Wildman–Crippen LogP) is 1.08. The molecule has 0 aromatic carbocycles. The van der Waals surface area contributed by atoms with Gasteiger partial charge in [-0.05, 0) is 38.3 Å². The average Bonchev–Trinajstić information content (AvgIpc) is 2.49. The van der Waals surface area contributed by atoms with Crippen molar-refractivity contribution in [1.29, 1.82) is 0 Å². The van der Waals surface area contributed by atoms with Crippen molar-refractivity contribution >= 4 is 17.6 Å². The summed E-state index contributed by atoms with van der Waals surface area (Å²) in [5.74, 6) is 0.356. The van der Waals surface area contributed by atoms with E-state index in [4.69, 9.17) is 0 Å². The standard InChI is InChI=1S/C15H22N4O2/c1-3-11-8-10(9-13(18-11)16-4-2)14(20)19-12-6-5-7-17-15(12)21/h8-9,12H,3-7H2,1-2H3,(H,16,18)(H,17,21)(H,19,20). The maximum absolute atomic E-state index is 12.3. The second-order valence-corrected chi connectivity index (χ2v) is 5.08. The summed E-state index contributed by atoms with van der Waals surface area (Å²) < 4.78 is 0. The minimum Gasteiger partial charge on any atom is -0.370 e. The Morgan fingerprint density at radius 2 is 2.24 bits per heavy atom. The van der Waals surface area contributed by atoms with Crippen LogP contribution in [0.25, 0.3) is 0 Å². The van der Waals surface area contributed by atoms with Crippen LogP contribution in [0.4, 0.5) is 5.82 Å². The SMILES string of the molecule is CCNc1cc(C(=O)NC2CCCNC2=O)cc(CC)n1. The Morgan fingerprint density at radius 1 is 1.43 bits per heavy atom. The number of pyridine rings is 1. The monoisotopic (exact) mass is 290 g/mol. The number of nitrogens with one attached hydrogen (secondary N) is 3. The Labute approximate surface area is 124 Å². The molecule has 114 valence electrons. The number of anilines is 1. The van der Waals surface area contributed by atoms with Crippen LogP contribution in [-0.2, 0) is 11.2 Å². The molecule has 1 aromatic rings. The molecule has 6 nitrogen and oxygen atoms in total. The van der Waals surface area contributed by atoms with Gasteiger partial charge >= 0.3 is 0 Å². The average molecular weight is 290 g/mol. The molecule has 2 heterocycles. The number of amides is 2. The molecule has 2 amide bonds. The molecule has 1 atom stereocenters. The Balaban J connectivity index is 2.13. The lowest BCUT2D eigenvalue weighted by molar-refractivity contribution is -0.124. The third kappa shape index (κ3) is 3.93. The van der Waals surface area contributed by atoms with Gasteiger partial charge in [-0.3, -0.25) is 9.59 Å². The summed E-state index contributed by atoms with van der Waals surface area (Å²) in [5, 5.41) is 8.68. The summed E-state index contributed by atoms with van der Waals surface area (Å²) in [5.41, 5.74) is 1.39. The summed E-state index contributed by atoms with van der Waals surface area (Å²) in [7, 11) is 0. The Bertz CT molecular complexity index is 530. The number of carbonyl (C=O) groups excluding carboxylic acids is 2. The summed E-state index contributed by atoms with van der Waals surface area (Å²) in [6, 6.07) is 3.06. The van der Waals surface area contributed by atoms with E-state index in [1.54, 1.807) is 12.1 Å². The molecule has 0 spiro atoms. The molecule has 0 radical (unpaired) electrons.